The average Bonchev–Trinajstić information content (AvgIpc) is 3.10. The molecule has 0 bridgehead atoms. The first kappa shape index (κ1) is 17.4. The van der Waals surface area contributed by atoms with E-state index in [4.69, 9.17) is 4.74 Å². The summed E-state index contributed by atoms with van der Waals surface area (Å²) in [5.74, 6) is 0. The maximum Gasteiger partial charge on any atom is 0.243 e. The smallest absolute Gasteiger partial charge is 0.243 e. The quantitative estimate of drug-likeness (QED) is 0.689. The van der Waals surface area contributed by atoms with Crippen LogP contribution in [-0.4, -0.2) is 44.0 Å². The Kier molecular flexibility index (Phi) is 4.86. The van der Waals surface area contributed by atoms with Crippen LogP contribution in [0.1, 0.15) is 10.6 Å². The fourth-order valence-electron chi connectivity index (χ4n) is 2.82. The van der Waals surface area contributed by atoms with Crippen LogP contribution in [0.2, 0.25) is 0 Å². The van der Waals surface area contributed by atoms with E-state index in [0.717, 1.165) is 20.8 Å². The molecule has 0 amide bonds. The van der Waals surface area contributed by atoms with Gasteiger partial charge in [-0.05, 0) is 35.9 Å². The van der Waals surface area contributed by atoms with Gasteiger partial charge in [0.1, 0.15) is 5.01 Å². The van der Waals surface area contributed by atoms with Crippen LogP contribution in [-0.2, 0) is 14.8 Å². The molecule has 2 aromatic carbocycles. The van der Waals surface area contributed by atoms with Crippen LogP contribution >= 0.6 is 11.3 Å². The van der Waals surface area contributed by atoms with Crippen molar-refractivity contribution in [2.45, 2.75) is 4.90 Å². The number of morpholine rings is 1. The number of nitrogens with zero attached hydrogens (tertiary/aromatic N) is 2. The van der Waals surface area contributed by atoms with E-state index in [1.807, 2.05) is 42.5 Å². The summed E-state index contributed by atoms with van der Waals surface area (Å²) >= 11 is 1.63. The number of ether oxygens (including phenoxy) is 1. The summed E-state index contributed by atoms with van der Waals surface area (Å²) in [6.45, 7) is 1.70. The first-order chi connectivity index (χ1) is 12.6. The number of para-hydroxylation sites is 1. The van der Waals surface area contributed by atoms with Crippen molar-refractivity contribution in [1.29, 1.82) is 0 Å². The highest BCUT2D eigenvalue weighted by atomic mass is 32.2. The molecule has 0 atom stereocenters. The number of benzene rings is 2. The maximum absolute atomic E-state index is 12.6. The van der Waals surface area contributed by atoms with Crippen LogP contribution in [0.15, 0.2) is 53.4 Å². The lowest BCUT2D eigenvalue weighted by Crippen LogP contribution is -2.40. The highest BCUT2D eigenvalue weighted by molar-refractivity contribution is 7.89. The predicted octanol–water partition coefficient (Wildman–Crippen LogP) is 3.49. The molecule has 5 nitrogen and oxygen atoms in total. The van der Waals surface area contributed by atoms with Gasteiger partial charge in [0.15, 0.2) is 0 Å². The number of sulfonamides is 1. The lowest BCUT2D eigenvalue weighted by Gasteiger charge is -2.26. The summed E-state index contributed by atoms with van der Waals surface area (Å²) in [6, 6.07) is 15.0. The zero-order chi connectivity index (χ0) is 18.0. The monoisotopic (exact) mass is 386 g/mol. The predicted molar refractivity (Wildman–Crippen MR) is 105 cm³/mol. The molecule has 0 saturated carbocycles. The molecule has 3 aromatic rings. The summed E-state index contributed by atoms with van der Waals surface area (Å²) in [6.07, 6.45) is 3.90. The highest BCUT2D eigenvalue weighted by Crippen LogP contribution is 2.23. The van der Waals surface area contributed by atoms with Crippen molar-refractivity contribution in [2.75, 3.05) is 26.3 Å². The van der Waals surface area contributed by atoms with E-state index in [-0.39, 0.29) is 0 Å². The van der Waals surface area contributed by atoms with E-state index in [9.17, 15) is 8.42 Å². The van der Waals surface area contributed by atoms with Crippen molar-refractivity contribution in [3.8, 4) is 0 Å². The van der Waals surface area contributed by atoms with Crippen LogP contribution in [0.3, 0.4) is 0 Å². The molecular weight excluding hydrogens is 368 g/mol. The molecule has 134 valence electrons. The van der Waals surface area contributed by atoms with Gasteiger partial charge in [0.2, 0.25) is 10.0 Å². The Hall–Kier alpha value is -2.06. The van der Waals surface area contributed by atoms with Crippen LogP contribution in [0.4, 0.5) is 0 Å². The molecule has 0 N–H and O–H groups in total. The van der Waals surface area contributed by atoms with Gasteiger partial charge in [0.25, 0.3) is 0 Å². The molecule has 26 heavy (non-hydrogen) atoms. The van der Waals surface area contributed by atoms with Crippen molar-refractivity contribution in [1.82, 2.24) is 9.29 Å². The summed E-state index contributed by atoms with van der Waals surface area (Å²) in [5, 5.41) is 0.927. The molecule has 1 aromatic heterocycles. The second-order valence-corrected chi connectivity index (χ2v) is 8.94. The van der Waals surface area contributed by atoms with E-state index in [2.05, 4.69) is 11.1 Å². The number of hydrogen-bond donors (Lipinski definition) is 0. The van der Waals surface area contributed by atoms with Gasteiger partial charge in [0, 0.05) is 13.1 Å². The van der Waals surface area contributed by atoms with Gasteiger partial charge in [-0.2, -0.15) is 4.31 Å². The molecule has 7 heteroatoms. The van der Waals surface area contributed by atoms with E-state index in [1.54, 1.807) is 23.5 Å². The fourth-order valence-corrected chi connectivity index (χ4v) is 5.09. The van der Waals surface area contributed by atoms with Crippen molar-refractivity contribution < 1.29 is 13.2 Å². The van der Waals surface area contributed by atoms with Gasteiger partial charge < -0.3 is 4.74 Å². The lowest BCUT2D eigenvalue weighted by atomic mass is 10.2. The van der Waals surface area contributed by atoms with E-state index in [1.165, 1.54) is 4.31 Å². The third kappa shape index (κ3) is 3.57. The third-order valence-electron chi connectivity index (χ3n) is 4.22. The summed E-state index contributed by atoms with van der Waals surface area (Å²) < 4.78 is 33.1. The zero-order valence-electron chi connectivity index (χ0n) is 14.0. The van der Waals surface area contributed by atoms with E-state index in [0.29, 0.717) is 31.2 Å². The Bertz CT molecular complexity index is 1000. The molecule has 1 aliphatic rings. The van der Waals surface area contributed by atoms with Crippen molar-refractivity contribution >= 4 is 43.7 Å². The van der Waals surface area contributed by atoms with Crippen molar-refractivity contribution in [3.63, 3.8) is 0 Å². The molecule has 1 aliphatic heterocycles. The minimum atomic E-state index is -3.44. The molecule has 4 rings (SSSR count). The second-order valence-electron chi connectivity index (χ2n) is 5.94. The third-order valence-corrected chi connectivity index (χ3v) is 7.13. The lowest BCUT2D eigenvalue weighted by molar-refractivity contribution is 0.0730. The van der Waals surface area contributed by atoms with Crippen LogP contribution in [0, 0.1) is 0 Å². The summed E-state index contributed by atoms with van der Waals surface area (Å²) in [5.41, 5.74) is 1.93. The Labute approximate surface area is 156 Å². The number of rotatable bonds is 4. The van der Waals surface area contributed by atoms with Gasteiger partial charge >= 0.3 is 0 Å². The topological polar surface area (TPSA) is 59.5 Å². The average molecular weight is 386 g/mol. The van der Waals surface area contributed by atoms with Gasteiger partial charge in [-0.1, -0.05) is 30.3 Å². The first-order valence-electron chi connectivity index (χ1n) is 8.34. The second kappa shape index (κ2) is 7.28. The van der Waals surface area contributed by atoms with Crippen LogP contribution < -0.4 is 0 Å². The van der Waals surface area contributed by atoms with Gasteiger partial charge in [-0.15, -0.1) is 11.3 Å². The Morgan fingerprint density at radius 2 is 1.73 bits per heavy atom. The van der Waals surface area contributed by atoms with Crippen LogP contribution in [0.25, 0.3) is 22.4 Å². The van der Waals surface area contributed by atoms with Gasteiger partial charge in [-0.3, -0.25) is 0 Å². The molecule has 2 heterocycles. The molecule has 1 fully saturated rings. The minimum Gasteiger partial charge on any atom is -0.379 e. The Morgan fingerprint density at radius 3 is 2.46 bits per heavy atom. The molecule has 0 spiro atoms. The van der Waals surface area contributed by atoms with Gasteiger partial charge in [0.05, 0.1) is 28.3 Å². The van der Waals surface area contributed by atoms with Crippen molar-refractivity contribution in [2.24, 2.45) is 0 Å². The summed E-state index contributed by atoms with van der Waals surface area (Å²) in [4.78, 5) is 4.88. The minimum absolute atomic E-state index is 0.316. The molecule has 0 aliphatic carbocycles. The molecule has 0 unspecified atom stereocenters. The van der Waals surface area contributed by atoms with Crippen molar-refractivity contribution in [3.05, 3.63) is 59.1 Å². The molecule has 0 radical (unpaired) electrons. The number of fused-ring (bicyclic) bond motifs is 1. The summed E-state index contributed by atoms with van der Waals surface area (Å²) in [7, 11) is -3.44. The maximum atomic E-state index is 12.6. The van der Waals surface area contributed by atoms with E-state index < -0.39 is 10.0 Å². The standard InChI is InChI=1S/C19H18N2O3S2/c22-26(23,21-11-13-24-14-12-21)16-8-5-15(6-9-16)7-10-19-20-17-3-1-2-4-18(17)25-19/h1-10H,11-14H2/b10-7+. The zero-order valence-corrected chi connectivity index (χ0v) is 15.7. The normalized spacial score (nSPS) is 16.5. The van der Waals surface area contributed by atoms with Crippen LogP contribution in [0.5, 0.6) is 0 Å². The largest absolute Gasteiger partial charge is 0.379 e. The van der Waals surface area contributed by atoms with Gasteiger partial charge in [-0.25, -0.2) is 13.4 Å². The number of thiazole rings is 1. The highest BCUT2D eigenvalue weighted by Gasteiger charge is 2.25. The Balaban J connectivity index is 1.52. The number of hydrogen-bond acceptors (Lipinski definition) is 5. The number of aromatic nitrogens is 1. The first-order valence-corrected chi connectivity index (χ1v) is 10.6. The molecular formula is C19H18N2O3S2. The van der Waals surface area contributed by atoms with E-state index >= 15 is 0 Å². The Morgan fingerprint density at radius 1 is 1.00 bits per heavy atom. The SMILES string of the molecule is O=S(=O)(c1ccc(/C=C/c2nc3ccccc3s2)cc1)N1CCOCC1. The molecule has 1 saturated heterocycles. The fraction of sp³-hybridized carbons (Fsp3) is 0.211.